The molecule has 0 fully saturated rings. The lowest BCUT2D eigenvalue weighted by Crippen LogP contribution is -1.99. The van der Waals surface area contributed by atoms with Gasteiger partial charge < -0.3 is 0 Å². The van der Waals surface area contributed by atoms with Crippen molar-refractivity contribution in [1.29, 1.82) is 0 Å². The second-order valence-corrected chi connectivity index (χ2v) is 5.74. The molecule has 0 aliphatic rings. The van der Waals surface area contributed by atoms with Crippen LogP contribution in [0, 0.1) is 0 Å². The van der Waals surface area contributed by atoms with Crippen LogP contribution in [-0.4, -0.2) is 18.0 Å². The predicted molar refractivity (Wildman–Crippen MR) is 77.0 cm³/mol. The van der Waals surface area contributed by atoms with E-state index in [4.69, 9.17) is 0 Å². The fourth-order valence-electron chi connectivity index (χ4n) is 2.23. The summed E-state index contributed by atoms with van der Waals surface area (Å²) in [6.07, 6.45) is 1.54. The minimum Gasteiger partial charge on any atom is -0.282 e. The number of benzene rings is 2. The largest absolute Gasteiger partial charge is 0.295 e. The highest BCUT2D eigenvalue weighted by atomic mass is 32.2. The fourth-order valence-corrected chi connectivity index (χ4v) is 2.94. The SMILES string of the molecule is O=S(=O)(O)c1cccc2c(-c3ccccc3)nccc12. The minimum atomic E-state index is -4.26. The Kier molecular flexibility index (Phi) is 3.00. The van der Waals surface area contributed by atoms with E-state index in [1.54, 1.807) is 24.4 Å². The number of aromatic nitrogens is 1. The van der Waals surface area contributed by atoms with Crippen molar-refractivity contribution in [3.8, 4) is 11.3 Å². The lowest BCUT2D eigenvalue weighted by Gasteiger charge is -2.08. The van der Waals surface area contributed by atoms with E-state index in [0.717, 1.165) is 5.56 Å². The van der Waals surface area contributed by atoms with E-state index >= 15 is 0 Å². The van der Waals surface area contributed by atoms with Gasteiger partial charge in [0.05, 0.1) is 5.69 Å². The van der Waals surface area contributed by atoms with Crippen molar-refractivity contribution in [3.63, 3.8) is 0 Å². The van der Waals surface area contributed by atoms with Crippen LogP contribution in [0.5, 0.6) is 0 Å². The quantitative estimate of drug-likeness (QED) is 0.734. The van der Waals surface area contributed by atoms with Crippen molar-refractivity contribution >= 4 is 20.9 Å². The summed E-state index contributed by atoms with van der Waals surface area (Å²) in [5.41, 5.74) is 1.58. The Labute approximate surface area is 116 Å². The molecule has 0 amide bonds. The first-order valence-corrected chi connectivity index (χ1v) is 7.42. The fraction of sp³-hybridized carbons (Fsp3) is 0. The summed E-state index contributed by atoms with van der Waals surface area (Å²) >= 11 is 0. The third-order valence-electron chi connectivity index (χ3n) is 3.09. The predicted octanol–water partition coefficient (Wildman–Crippen LogP) is 3.15. The molecule has 0 saturated carbocycles. The summed E-state index contributed by atoms with van der Waals surface area (Å²) in [5.74, 6) is 0. The Morgan fingerprint density at radius 2 is 1.60 bits per heavy atom. The topological polar surface area (TPSA) is 67.3 Å². The van der Waals surface area contributed by atoms with E-state index in [9.17, 15) is 13.0 Å². The van der Waals surface area contributed by atoms with Crippen molar-refractivity contribution in [2.24, 2.45) is 0 Å². The molecule has 2 aromatic carbocycles. The first-order valence-electron chi connectivity index (χ1n) is 5.98. The Morgan fingerprint density at radius 1 is 0.850 bits per heavy atom. The second kappa shape index (κ2) is 4.70. The van der Waals surface area contributed by atoms with Gasteiger partial charge in [0.25, 0.3) is 10.1 Å². The zero-order valence-corrected chi connectivity index (χ0v) is 11.2. The lowest BCUT2D eigenvalue weighted by molar-refractivity contribution is 0.484. The van der Waals surface area contributed by atoms with E-state index < -0.39 is 10.1 Å². The maximum absolute atomic E-state index is 11.4. The molecule has 20 heavy (non-hydrogen) atoms. The molecule has 3 rings (SSSR count). The highest BCUT2D eigenvalue weighted by molar-refractivity contribution is 7.86. The molecule has 0 spiro atoms. The highest BCUT2D eigenvalue weighted by Crippen LogP contribution is 2.29. The van der Waals surface area contributed by atoms with Gasteiger partial charge in [-0.2, -0.15) is 8.42 Å². The Hall–Kier alpha value is -2.24. The number of hydrogen-bond donors (Lipinski definition) is 1. The van der Waals surface area contributed by atoms with Crippen LogP contribution in [0.1, 0.15) is 0 Å². The summed E-state index contributed by atoms with van der Waals surface area (Å²) in [5, 5.41) is 1.15. The number of hydrogen-bond acceptors (Lipinski definition) is 3. The molecule has 0 saturated heterocycles. The van der Waals surface area contributed by atoms with Crippen LogP contribution in [0.15, 0.2) is 65.7 Å². The molecule has 4 nitrogen and oxygen atoms in total. The molecule has 5 heteroatoms. The maximum atomic E-state index is 11.4. The number of rotatable bonds is 2. The molecule has 1 N–H and O–H groups in total. The van der Waals surface area contributed by atoms with Crippen LogP contribution in [0.25, 0.3) is 22.0 Å². The average molecular weight is 285 g/mol. The Balaban J connectivity index is 2.38. The molecule has 0 aliphatic heterocycles. The van der Waals surface area contributed by atoms with Crippen molar-refractivity contribution in [2.45, 2.75) is 4.90 Å². The summed E-state index contributed by atoms with van der Waals surface area (Å²) in [4.78, 5) is 4.22. The van der Waals surface area contributed by atoms with E-state index in [1.165, 1.54) is 6.07 Å². The van der Waals surface area contributed by atoms with E-state index in [0.29, 0.717) is 16.5 Å². The van der Waals surface area contributed by atoms with Gasteiger partial charge in [-0.05, 0) is 12.1 Å². The van der Waals surface area contributed by atoms with Crippen LogP contribution in [0.3, 0.4) is 0 Å². The molecular formula is C15H11NO3S. The van der Waals surface area contributed by atoms with Gasteiger partial charge in [0, 0.05) is 22.5 Å². The van der Waals surface area contributed by atoms with Gasteiger partial charge in [-0.3, -0.25) is 9.54 Å². The van der Waals surface area contributed by atoms with Crippen molar-refractivity contribution < 1.29 is 13.0 Å². The summed E-state index contributed by atoms with van der Waals surface area (Å²) in [6, 6.07) is 15.9. The minimum absolute atomic E-state index is 0.102. The summed E-state index contributed by atoms with van der Waals surface area (Å²) in [7, 11) is -4.26. The molecular weight excluding hydrogens is 274 g/mol. The van der Waals surface area contributed by atoms with Gasteiger partial charge in [-0.15, -0.1) is 0 Å². The summed E-state index contributed by atoms with van der Waals surface area (Å²) < 4.78 is 32.2. The van der Waals surface area contributed by atoms with Crippen molar-refractivity contribution in [3.05, 3.63) is 60.8 Å². The van der Waals surface area contributed by atoms with Gasteiger partial charge in [0.15, 0.2) is 0 Å². The van der Waals surface area contributed by atoms with Gasteiger partial charge in [-0.1, -0.05) is 42.5 Å². The molecule has 0 aliphatic carbocycles. The van der Waals surface area contributed by atoms with Gasteiger partial charge >= 0.3 is 0 Å². The first kappa shape index (κ1) is 12.8. The Morgan fingerprint density at radius 3 is 2.30 bits per heavy atom. The molecule has 0 unspecified atom stereocenters. The van der Waals surface area contributed by atoms with Crippen LogP contribution in [-0.2, 0) is 10.1 Å². The second-order valence-electron chi connectivity index (χ2n) is 4.35. The maximum Gasteiger partial charge on any atom is 0.295 e. The normalized spacial score (nSPS) is 11.7. The lowest BCUT2D eigenvalue weighted by atomic mass is 10.0. The number of pyridine rings is 1. The number of fused-ring (bicyclic) bond motifs is 1. The Bertz CT molecular complexity index is 874. The molecule has 0 atom stereocenters. The van der Waals surface area contributed by atoms with Crippen molar-refractivity contribution in [1.82, 2.24) is 4.98 Å². The smallest absolute Gasteiger partial charge is 0.282 e. The molecule has 0 radical (unpaired) electrons. The molecule has 3 aromatic rings. The van der Waals surface area contributed by atoms with Gasteiger partial charge in [-0.25, -0.2) is 0 Å². The first-order chi connectivity index (χ1) is 9.57. The third-order valence-corrected chi connectivity index (χ3v) is 4.00. The monoisotopic (exact) mass is 285 g/mol. The van der Waals surface area contributed by atoms with Crippen LogP contribution in [0.2, 0.25) is 0 Å². The average Bonchev–Trinajstić information content (AvgIpc) is 2.46. The zero-order valence-electron chi connectivity index (χ0n) is 10.4. The van der Waals surface area contributed by atoms with Crippen LogP contribution < -0.4 is 0 Å². The standard InChI is InChI=1S/C15H11NO3S/c17-20(18,19)14-8-4-7-13-12(14)9-10-16-15(13)11-5-2-1-3-6-11/h1-10H,(H,17,18,19). The van der Waals surface area contributed by atoms with Crippen LogP contribution in [0.4, 0.5) is 0 Å². The van der Waals surface area contributed by atoms with E-state index in [-0.39, 0.29) is 4.90 Å². The molecule has 1 heterocycles. The third kappa shape index (κ3) is 2.17. The van der Waals surface area contributed by atoms with Gasteiger partial charge in [0.2, 0.25) is 0 Å². The van der Waals surface area contributed by atoms with E-state index in [1.807, 2.05) is 30.3 Å². The zero-order chi connectivity index (χ0) is 14.2. The summed E-state index contributed by atoms with van der Waals surface area (Å²) in [6.45, 7) is 0. The van der Waals surface area contributed by atoms with Crippen LogP contribution >= 0.6 is 0 Å². The van der Waals surface area contributed by atoms with Gasteiger partial charge in [0.1, 0.15) is 4.90 Å². The highest BCUT2D eigenvalue weighted by Gasteiger charge is 2.15. The molecule has 0 bridgehead atoms. The number of nitrogens with zero attached hydrogens (tertiary/aromatic N) is 1. The molecule has 1 aromatic heterocycles. The van der Waals surface area contributed by atoms with Crippen molar-refractivity contribution in [2.75, 3.05) is 0 Å². The molecule has 100 valence electrons. The van der Waals surface area contributed by atoms with E-state index in [2.05, 4.69) is 4.98 Å².